The van der Waals surface area contributed by atoms with Crippen LogP contribution in [-0.4, -0.2) is 12.1 Å². The number of carbonyl (C=O) groups is 1. The fourth-order valence-electron chi connectivity index (χ4n) is 8.84. The van der Waals surface area contributed by atoms with Crippen molar-refractivity contribution < 1.29 is 9.53 Å². The second-order valence-electron chi connectivity index (χ2n) is 12.9. The lowest BCUT2D eigenvalue weighted by atomic mass is 9.47. The van der Waals surface area contributed by atoms with E-state index in [1.807, 2.05) is 19.9 Å². The summed E-state index contributed by atoms with van der Waals surface area (Å²) in [5.74, 6) is 3.49. The highest BCUT2D eigenvalue weighted by Gasteiger charge is 2.58. The average molecular weight is 469 g/mol. The third kappa shape index (κ3) is 4.94. The van der Waals surface area contributed by atoms with Crippen LogP contribution in [0.25, 0.3) is 0 Å². The van der Waals surface area contributed by atoms with Gasteiger partial charge in [-0.2, -0.15) is 0 Å². The van der Waals surface area contributed by atoms with Crippen LogP contribution in [0, 0.1) is 34.5 Å². The minimum absolute atomic E-state index is 0.0697. The maximum Gasteiger partial charge on any atom is 0.333 e. The zero-order valence-corrected chi connectivity index (χ0v) is 23.0. The molecule has 4 rings (SSSR count). The Bertz CT molecular complexity index is 778. The summed E-state index contributed by atoms with van der Waals surface area (Å²) in [5.41, 5.74) is 3.26. The van der Waals surface area contributed by atoms with Crippen LogP contribution >= 0.6 is 0 Å². The first-order valence-electron chi connectivity index (χ1n) is 14.9. The van der Waals surface area contributed by atoms with Crippen LogP contribution in [0.1, 0.15) is 131 Å². The molecule has 0 N–H and O–H groups in total. The van der Waals surface area contributed by atoms with Crippen LogP contribution < -0.4 is 0 Å². The van der Waals surface area contributed by atoms with Crippen molar-refractivity contribution in [3.8, 4) is 0 Å². The van der Waals surface area contributed by atoms with E-state index in [2.05, 4.69) is 26.8 Å². The number of rotatable bonds is 9. The van der Waals surface area contributed by atoms with E-state index in [0.29, 0.717) is 10.8 Å². The van der Waals surface area contributed by atoms with E-state index < -0.39 is 0 Å². The maximum absolute atomic E-state index is 12.3. The van der Waals surface area contributed by atoms with E-state index in [9.17, 15) is 4.79 Å². The van der Waals surface area contributed by atoms with Crippen LogP contribution in [-0.2, 0) is 9.53 Å². The molecule has 4 unspecified atom stereocenters. The second kappa shape index (κ2) is 10.9. The quantitative estimate of drug-likeness (QED) is 0.146. The van der Waals surface area contributed by atoms with E-state index >= 15 is 0 Å². The zero-order chi connectivity index (χ0) is 24.3. The van der Waals surface area contributed by atoms with Crippen molar-refractivity contribution in [2.75, 3.05) is 0 Å². The Morgan fingerprint density at radius 3 is 2.56 bits per heavy atom. The third-order valence-electron chi connectivity index (χ3n) is 11.2. The monoisotopic (exact) mass is 468 g/mol. The van der Waals surface area contributed by atoms with Gasteiger partial charge in [-0.15, -0.1) is 0 Å². The molecule has 2 heteroatoms. The number of allylic oxidation sites excluding steroid dienone is 2. The molecular weight excluding hydrogens is 416 g/mol. The van der Waals surface area contributed by atoms with Gasteiger partial charge in [-0.25, -0.2) is 4.79 Å². The van der Waals surface area contributed by atoms with Gasteiger partial charge in [0, 0.05) is 12.0 Å². The summed E-state index contributed by atoms with van der Waals surface area (Å²) in [5, 5.41) is 0. The molecule has 0 aromatic rings. The average Bonchev–Trinajstić information content (AvgIpc) is 3.17. The van der Waals surface area contributed by atoms with E-state index in [0.717, 1.165) is 42.1 Å². The van der Waals surface area contributed by atoms with Gasteiger partial charge in [0.05, 0.1) is 0 Å². The number of carbonyl (C=O) groups excluding carboxylic acids is 1. The number of unbranched alkanes of at least 4 members (excludes halogenated alkanes) is 5. The van der Waals surface area contributed by atoms with Crippen LogP contribution in [0.4, 0.5) is 0 Å². The highest BCUT2D eigenvalue weighted by Crippen LogP contribution is 2.66. The lowest BCUT2D eigenvalue weighted by Crippen LogP contribution is -2.50. The number of esters is 1. The molecule has 0 aromatic carbocycles. The van der Waals surface area contributed by atoms with Gasteiger partial charge >= 0.3 is 5.97 Å². The fraction of sp³-hybridized carbons (Fsp3) is 0.844. The van der Waals surface area contributed by atoms with Crippen molar-refractivity contribution in [3.05, 3.63) is 23.3 Å². The molecular formula is C32H52O2. The molecule has 192 valence electrons. The first-order chi connectivity index (χ1) is 16.3. The predicted octanol–water partition coefficient (Wildman–Crippen LogP) is 9.19. The number of hydrogen-bond acceptors (Lipinski definition) is 2. The molecule has 0 amide bonds. The van der Waals surface area contributed by atoms with Gasteiger partial charge in [-0.3, -0.25) is 0 Å². The fourth-order valence-corrected chi connectivity index (χ4v) is 8.84. The van der Waals surface area contributed by atoms with E-state index in [1.54, 1.807) is 5.57 Å². The largest absolute Gasteiger partial charge is 0.459 e. The van der Waals surface area contributed by atoms with Crippen molar-refractivity contribution in [1.82, 2.24) is 0 Å². The molecule has 0 bridgehead atoms. The molecule has 0 radical (unpaired) electrons. The zero-order valence-electron chi connectivity index (χ0n) is 23.0. The van der Waals surface area contributed by atoms with Gasteiger partial charge in [0.25, 0.3) is 0 Å². The summed E-state index contributed by atoms with van der Waals surface area (Å²) in [7, 11) is 0. The Hall–Kier alpha value is -1.05. The summed E-state index contributed by atoms with van der Waals surface area (Å²) in [6, 6.07) is 0. The van der Waals surface area contributed by atoms with Crippen LogP contribution in [0.3, 0.4) is 0 Å². The number of ether oxygens (including phenoxy) is 1. The van der Waals surface area contributed by atoms with Crippen molar-refractivity contribution >= 4 is 5.97 Å². The Labute approximate surface area is 210 Å². The van der Waals surface area contributed by atoms with Crippen molar-refractivity contribution in [2.45, 2.75) is 137 Å². The molecule has 0 aliphatic heterocycles. The summed E-state index contributed by atoms with van der Waals surface area (Å²) < 4.78 is 5.89. The third-order valence-corrected chi connectivity index (χ3v) is 11.2. The Kier molecular flexibility index (Phi) is 8.36. The van der Waals surface area contributed by atoms with Crippen molar-refractivity contribution in [2.24, 2.45) is 34.5 Å². The molecule has 0 aromatic heterocycles. The second-order valence-corrected chi connectivity index (χ2v) is 12.9. The Balaban J connectivity index is 1.38. The van der Waals surface area contributed by atoms with Gasteiger partial charge in [-0.05, 0) is 99.7 Å². The van der Waals surface area contributed by atoms with Crippen molar-refractivity contribution in [3.63, 3.8) is 0 Å². The smallest absolute Gasteiger partial charge is 0.333 e. The van der Waals surface area contributed by atoms with E-state index in [-0.39, 0.29) is 12.1 Å². The van der Waals surface area contributed by atoms with E-state index in [1.165, 1.54) is 83.5 Å². The molecule has 4 aliphatic carbocycles. The molecule has 0 spiro atoms. The molecule has 3 saturated carbocycles. The van der Waals surface area contributed by atoms with Crippen LogP contribution in [0.5, 0.6) is 0 Å². The topological polar surface area (TPSA) is 26.3 Å². The van der Waals surface area contributed by atoms with Gasteiger partial charge in [0.1, 0.15) is 6.10 Å². The van der Waals surface area contributed by atoms with Gasteiger partial charge < -0.3 is 4.74 Å². The summed E-state index contributed by atoms with van der Waals surface area (Å²) in [6.07, 6.45) is 24.8. The maximum atomic E-state index is 12.3. The molecule has 2 nitrogen and oxygen atoms in total. The van der Waals surface area contributed by atoms with Gasteiger partial charge in [0.15, 0.2) is 0 Å². The van der Waals surface area contributed by atoms with Crippen LogP contribution in [0.15, 0.2) is 23.3 Å². The number of hydrogen-bond donors (Lipinski definition) is 0. The lowest BCUT2D eigenvalue weighted by molar-refractivity contribution is -0.146. The predicted molar refractivity (Wildman–Crippen MR) is 142 cm³/mol. The minimum atomic E-state index is -0.124. The normalized spacial score (nSPS) is 39.6. The number of fused-ring (bicyclic) bond motifs is 5. The Morgan fingerprint density at radius 1 is 1.03 bits per heavy atom. The standard InChI is InChI=1S/C32H52O2/c1-6-8-9-10-11-12-13-24-15-17-28-27-16-14-25-22-26(34-30(33)23(3)7-2)18-20-32(25,5)29(27)19-21-31(24,28)4/h7,14,24,26-29H,6,8-13,15-22H2,1-5H3/t24?,26-,27?,28?,29?,31+,32-/m0/s1. The highest BCUT2D eigenvalue weighted by molar-refractivity contribution is 5.87. The SMILES string of the molecule is CC=C(C)C(=O)O[C@H]1CC[C@@]2(C)C(=CCC3C4CCC(CCCCCCCC)[C@@]4(C)CCC32)C1. The molecule has 4 aliphatic rings. The minimum Gasteiger partial charge on any atom is -0.459 e. The first-order valence-corrected chi connectivity index (χ1v) is 14.9. The Morgan fingerprint density at radius 2 is 1.79 bits per heavy atom. The first kappa shape index (κ1) is 26.0. The van der Waals surface area contributed by atoms with Crippen LogP contribution in [0.2, 0.25) is 0 Å². The van der Waals surface area contributed by atoms with Crippen molar-refractivity contribution in [1.29, 1.82) is 0 Å². The summed E-state index contributed by atoms with van der Waals surface area (Å²) in [4.78, 5) is 12.3. The summed E-state index contributed by atoms with van der Waals surface area (Å²) >= 11 is 0. The van der Waals surface area contributed by atoms with Gasteiger partial charge in [-0.1, -0.05) is 77.0 Å². The highest BCUT2D eigenvalue weighted by atomic mass is 16.5. The molecule has 0 saturated heterocycles. The molecule has 34 heavy (non-hydrogen) atoms. The lowest BCUT2D eigenvalue weighted by Gasteiger charge is -2.58. The van der Waals surface area contributed by atoms with E-state index in [4.69, 9.17) is 4.74 Å². The molecule has 0 heterocycles. The molecule has 7 atom stereocenters. The van der Waals surface area contributed by atoms with Gasteiger partial charge in [0.2, 0.25) is 0 Å². The molecule has 3 fully saturated rings. The summed E-state index contributed by atoms with van der Waals surface area (Å²) in [6.45, 7) is 11.3.